The molecule has 0 bridgehead atoms. The lowest BCUT2D eigenvalue weighted by Gasteiger charge is -2.32. The van der Waals surface area contributed by atoms with E-state index in [0.29, 0.717) is 17.8 Å². The second-order valence-corrected chi connectivity index (χ2v) is 7.34. The summed E-state index contributed by atoms with van der Waals surface area (Å²) in [6.45, 7) is 3.95. The number of rotatable bonds is 6. The first-order valence-corrected chi connectivity index (χ1v) is 9.57. The van der Waals surface area contributed by atoms with Gasteiger partial charge in [-0.1, -0.05) is 13.3 Å². The number of anilines is 2. The van der Waals surface area contributed by atoms with Crippen LogP contribution in [0.15, 0.2) is 30.3 Å². The smallest absolute Gasteiger partial charge is 0.256 e. The molecule has 1 aliphatic rings. The zero-order valence-corrected chi connectivity index (χ0v) is 16.8. The second-order valence-electron chi connectivity index (χ2n) is 7.34. The maximum atomic E-state index is 12.7. The average molecular weight is 384 g/mol. The number of carbonyl (C=O) groups excluding carboxylic acids is 2. The summed E-state index contributed by atoms with van der Waals surface area (Å²) in [5.41, 5.74) is 2.33. The first-order chi connectivity index (χ1) is 13.4. The monoisotopic (exact) mass is 384 g/mol. The van der Waals surface area contributed by atoms with Crippen molar-refractivity contribution < 1.29 is 9.59 Å². The Bertz CT molecular complexity index is 843. The fourth-order valence-electron chi connectivity index (χ4n) is 3.33. The maximum Gasteiger partial charge on any atom is 0.256 e. The summed E-state index contributed by atoms with van der Waals surface area (Å²) in [6.07, 6.45) is 1.86. The Morgan fingerprint density at radius 1 is 1.32 bits per heavy atom. The van der Waals surface area contributed by atoms with E-state index < -0.39 is 6.29 Å². The van der Waals surface area contributed by atoms with Crippen molar-refractivity contribution in [2.24, 2.45) is 0 Å². The molecule has 1 aromatic heterocycles. The van der Waals surface area contributed by atoms with Crippen LogP contribution in [0, 0.1) is 6.92 Å². The van der Waals surface area contributed by atoms with Crippen molar-refractivity contribution in [2.45, 2.75) is 45.4 Å². The van der Waals surface area contributed by atoms with E-state index >= 15 is 0 Å². The zero-order valence-electron chi connectivity index (χ0n) is 16.8. The van der Waals surface area contributed by atoms with Crippen LogP contribution in [0.2, 0.25) is 0 Å². The van der Waals surface area contributed by atoms with E-state index in [-0.39, 0.29) is 17.9 Å². The first-order valence-electron chi connectivity index (χ1n) is 9.57. The van der Waals surface area contributed by atoms with Crippen LogP contribution >= 0.6 is 0 Å². The minimum absolute atomic E-state index is 0.0214. The molecule has 0 spiro atoms. The number of benzene rings is 1. The third-order valence-electron chi connectivity index (χ3n) is 4.75. The molecule has 0 saturated carbocycles. The lowest BCUT2D eigenvalue weighted by molar-refractivity contribution is -0.125. The van der Waals surface area contributed by atoms with Crippen LogP contribution in [-0.4, -0.2) is 41.7 Å². The maximum absolute atomic E-state index is 12.7. The highest BCUT2D eigenvalue weighted by molar-refractivity contribution is 6.04. The van der Waals surface area contributed by atoms with E-state index in [2.05, 4.69) is 28.0 Å². The van der Waals surface area contributed by atoms with Crippen LogP contribution in [0.3, 0.4) is 0 Å². The Kier molecular flexibility index (Phi) is 5.99. The number of carbonyl (C=O) groups is 2. The lowest BCUT2D eigenvalue weighted by atomic mass is 10.1. The van der Waals surface area contributed by atoms with Crippen molar-refractivity contribution in [1.82, 2.24) is 20.4 Å². The summed E-state index contributed by atoms with van der Waals surface area (Å²) >= 11 is 0. The number of aromatic nitrogens is 2. The van der Waals surface area contributed by atoms with Gasteiger partial charge in [0.05, 0.1) is 5.69 Å². The van der Waals surface area contributed by atoms with E-state index in [4.69, 9.17) is 0 Å². The van der Waals surface area contributed by atoms with Crippen molar-refractivity contribution >= 4 is 23.3 Å². The molecule has 8 heteroatoms. The van der Waals surface area contributed by atoms with Gasteiger partial charge < -0.3 is 15.5 Å². The van der Waals surface area contributed by atoms with Gasteiger partial charge in [-0.05, 0) is 37.6 Å². The first kappa shape index (κ1) is 19.9. The lowest BCUT2D eigenvalue weighted by Crippen LogP contribution is -2.53. The summed E-state index contributed by atoms with van der Waals surface area (Å²) in [5, 5.41) is 13.7. The van der Waals surface area contributed by atoms with Gasteiger partial charge in [-0.2, -0.15) is 5.10 Å². The minimum Gasteiger partial charge on any atom is -0.378 e. The predicted octanol–water partition coefficient (Wildman–Crippen LogP) is 2.24. The Hall–Kier alpha value is -2.87. The third-order valence-corrected chi connectivity index (χ3v) is 4.75. The largest absolute Gasteiger partial charge is 0.378 e. The van der Waals surface area contributed by atoms with Crippen LogP contribution in [0.25, 0.3) is 0 Å². The standard InChI is InChI=1S/C20H28N6O2/c1-5-6-15-12-18(27)23-20(21-15)26-17(11-13(2)24-26)22-19(28)14-7-9-16(10-8-14)25(3)4/h7-11,15,20-21H,5-6,12H2,1-4H3,(H,22,28)(H,23,27). The summed E-state index contributed by atoms with van der Waals surface area (Å²) in [6, 6.07) is 9.26. The molecule has 150 valence electrons. The van der Waals surface area contributed by atoms with Crippen molar-refractivity contribution in [2.75, 3.05) is 24.3 Å². The van der Waals surface area contributed by atoms with Crippen LogP contribution in [0.1, 0.15) is 48.5 Å². The van der Waals surface area contributed by atoms with Gasteiger partial charge in [-0.3, -0.25) is 14.9 Å². The SMILES string of the molecule is CCCC1CC(=O)NC(n2nc(C)cc2NC(=O)c2ccc(N(C)C)cc2)N1. The molecule has 1 aromatic carbocycles. The molecular formula is C20H28N6O2. The van der Waals surface area contributed by atoms with Crippen molar-refractivity contribution in [3.8, 4) is 0 Å². The van der Waals surface area contributed by atoms with Gasteiger partial charge in [0.2, 0.25) is 5.91 Å². The Morgan fingerprint density at radius 2 is 2.04 bits per heavy atom. The van der Waals surface area contributed by atoms with E-state index in [1.807, 2.05) is 38.1 Å². The molecule has 3 rings (SSSR count). The van der Waals surface area contributed by atoms with E-state index in [9.17, 15) is 9.59 Å². The molecule has 1 fully saturated rings. The van der Waals surface area contributed by atoms with Crippen LogP contribution in [0.5, 0.6) is 0 Å². The molecule has 0 aliphatic carbocycles. The Labute approximate surface area is 165 Å². The molecule has 1 saturated heterocycles. The third kappa shape index (κ3) is 4.51. The van der Waals surface area contributed by atoms with Crippen molar-refractivity contribution in [3.63, 3.8) is 0 Å². The second kappa shape index (κ2) is 8.43. The van der Waals surface area contributed by atoms with E-state index in [1.165, 1.54) is 0 Å². The molecule has 1 aliphatic heterocycles. The summed E-state index contributed by atoms with van der Waals surface area (Å²) in [7, 11) is 3.90. The van der Waals surface area contributed by atoms with Gasteiger partial charge in [0.25, 0.3) is 5.91 Å². The fraction of sp³-hybridized carbons (Fsp3) is 0.450. The number of hydrogen-bond acceptors (Lipinski definition) is 5. The highest BCUT2D eigenvalue weighted by atomic mass is 16.2. The predicted molar refractivity (Wildman–Crippen MR) is 109 cm³/mol. The van der Waals surface area contributed by atoms with Gasteiger partial charge >= 0.3 is 0 Å². The Balaban J connectivity index is 1.78. The van der Waals surface area contributed by atoms with Gasteiger partial charge in [0.15, 0.2) is 6.29 Å². The van der Waals surface area contributed by atoms with Gasteiger partial charge in [0.1, 0.15) is 5.82 Å². The normalized spacial score (nSPS) is 19.2. The highest BCUT2D eigenvalue weighted by Gasteiger charge is 2.28. The minimum atomic E-state index is -0.488. The summed E-state index contributed by atoms with van der Waals surface area (Å²) in [5.74, 6) is 0.291. The number of nitrogens with one attached hydrogen (secondary N) is 3. The van der Waals surface area contributed by atoms with Crippen LogP contribution < -0.4 is 20.9 Å². The zero-order chi connectivity index (χ0) is 20.3. The Morgan fingerprint density at radius 3 is 2.68 bits per heavy atom. The van der Waals surface area contributed by atoms with Crippen molar-refractivity contribution in [3.05, 3.63) is 41.6 Å². The molecule has 2 heterocycles. The molecule has 2 atom stereocenters. The number of nitrogens with zero attached hydrogens (tertiary/aromatic N) is 3. The molecule has 2 amide bonds. The van der Waals surface area contributed by atoms with Gasteiger partial charge in [-0.15, -0.1) is 0 Å². The topological polar surface area (TPSA) is 91.3 Å². The van der Waals surface area contributed by atoms with Crippen LogP contribution in [-0.2, 0) is 4.79 Å². The van der Waals surface area contributed by atoms with Gasteiger partial charge in [0, 0.05) is 43.9 Å². The number of aryl methyl sites for hydroxylation is 1. The number of hydrogen-bond donors (Lipinski definition) is 3. The van der Waals surface area contributed by atoms with E-state index in [0.717, 1.165) is 24.2 Å². The molecular weight excluding hydrogens is 356 g/mol. The fourth-order valence-corrected chi connectivity index (χ4v) is 3.33. The molecule has 2 unspecified atom stereocenters. The van der Waals surface area contributed by atoms with Gasteiger partial charge in [-0.25, -0.2) is 4.68 Å². The molecule has 28 heavy (non-hydrogen) atoms. The molecule has 8 nitrogen and oxygen atoms in total. The number of amides is 2. The van der Waals surface area contributed by atoms with Crippen LogP contribution in [0.4, 0.5) is 11.5 Å². The molecule has 3 N–H and O–H groups in total. The molecule has 0 radical (unpaired) electrons. The van der Waals surface area contributed by atoms with E-state index in [1.54, 1.807) is 22.9 Å². The summed E-state index contributed by atoms with van der Waals surface area (Å²) in [4.78, 5) is 26.8. The quantitative estimate of drug-likeness (QED) is 0.711. The molecule has 2 aromatic rings. The highest BCUT2D eigenvalue weighted by Crippen LogP contribution is 2.20. The summed E-state index contributed by atoms with van der Waals surface area (Å²) < 4.78 is 1.63. The van der Waals surface area contributed by atoms with Crippen molar-refractivity contribution in [1.29, 1.82) is 0 Å². The average Bonchev–Trinajstić information content (AvgIpc) is 3.02.